The van der Waals surface area contributed by atoms with E-state index >= 15 is 0 Å². The predicted molar refractivity (Wildman–Crippen MR) is 112 cm³/mol. The second kappa shape index (κ2) is 8.14. The van der Waals surface area contributed by atoms with Crippen LogP contribution in [-0.2, 0) is 4.74 Å². The fourth-order valence-corrected chi connectivity index (χ4v) is 6.14. The van der Waals surface area contributed by atoms with Gasteiger partial charge in [-0.1, -0.05) is 30.3 Å². The van der Waals surface area contributed by atoms with Gasteiger partial charge in [0.25, 0.3) is 0 Å². The number of halogens is 9. The molecule has 12 heteroatoms. The molecule has 0 radical (unpaired) electrons. The van der Waals surface area contributed by atoms with Crippen molar-refractivity contribution < 1.29 is 49.0 Å². The van der Waals surface area contributed by atoms with Crippen molar-refractivity contribution >= 4 is 36.6 Å². The molecule has 0 saturated carbocycles. The first kappa shape index (κ1) is 24.8. The van der Waals surface area contributed by atoms with Gasteiger partial charge in [0.2, 0.25) is 0 Å². The number of ether oxygens (including phenoxy) is 1. The molecule has 0 aliphatic heterocycles. The summed E-state index contributed by atoms with van der Waals surface area (Å²) < 4.78 is 123. The van der Waals surface area contributed by atoms with Crippen LogP contribution in [-0.4, -0.2) is 30.1 Å². The first-order valence-corrected chi connectivity index (χ1v) is 10.9. The topological polar surface area (TPSA) is 26.3 Å². The van der Waals surface area contributed by atoms with Crippen molar-refractivity contribution in [2.24, 2.45) is 0 Å². The molecule has 0 atom stereocenters. The summed E-state index contributed by atoms with van der Waals surface area (Å²) in [4.78, 5) is 12.6. The van der Waals surface area contributed by atoms with Gasteiger partial charge in [-0.05, 0) is 36.4 Å². The summed E-state index contributed by atoms with van der Waals surface area (Å²) in [5.74, 6) is -2.41. The van der Waals surface area contributed by atoms with E-state index in [0.29, 0.717) is 4.90 Å². The van der Waals surface area contributed by atoms with Gasteiger partial charge in [-0.3, -0.25) is 0 Å². The lowest BCUT2D eigenvalue weighted by atomic mass is 10.0. The van der Waals surface area contributed by atoms with Gasteiger partial charge in [0.05, 0.1) is 5.56 Å². The molecule has 0 N–H and O–H groups in total. The smallest absolute Gasteiger partial charge is 0.428 e. The van der Waals surface area contributed by atoms with E-state index in [0.717, 1.165) is 38.4 Å². The molecule has 4 aromatic rings. The monoisotopic (exact) mass is 523 g/mol. The Labute approximate surface area is 193 Å². The van der Waals surface area contributed by atoms with E-state index in [-0.39, 0.29) is 0 Å². The third kappa shape index (κ3) is 3.89. The van der Waals surface area contributed by atoms with Gasteiger partial charge in [0.15, 0.2) is 14.3 Å². The van der Waals surface area contributed by atoms with Crippen molar-refractivity contribution in [2.75, 3.05) is 0 Å². The van der Waals surface area contributed by atoms with Crippen LogP contribution in [0.5, 0.6) is 0 Å². The molecule has 0 unspecified atom stereocenters. The van der Waals surface area contributed by atoms with Crippen LogP contribution in [0.2, 0.25) is 0 Å². The maximum absolute atomic E-state index is 13.2. The second-order valence-corrected chi connectivity index (χ2v) is 9.35. The number of fused-ring (bicyclic) bond motifs is 3. The van der Waals surface area contributed by atoms with Gasteiger partial charge in [0, 0.05) is 27.3 Å². The lowest BCUT2D eigenvalue weighted by Gasteiger charge is -2.37. The van der Waals surface area contributed by atoms with Crippen molar-refractivity contribution in [1.82, 2.24) is 0 Å². The van der Waals surface area contributed by atoms with Gasteiger partial charge >= 0.3 is 30.1 Å². The fourth-order valence-electron chi connectivity index (χ4n) is 3.71. The SMILES string of the molecule is O=C(OC(C(F)(F)F)(C(F)(F)F)C(F)(F)F)c1cccc(-[s+]2c3ccccc3c3ccccc32)c1. The maximum atomic E-state index is 13.2. The molecule has 0 aliphatic rings. The minimum atomic E-state index is -7.01. The molecule has 1 aromatic heterocycles. The van der Waals surface area contributed by atoms with Crippen molar-refractivity contribution in [3.63, 3.8) is 0 Å². The summed E-state index contributed by atoms with van der Waals surface area (Å²) >= 11 is 0. The third-order valence-electron chi connectivity index (χ3n) is 5.25. The summed E-state index contributed by atoms with van der Waals surface area (Å²) in [6.45, 7) is 0. The van der Waals surface area contributed by atoms with Crippen LogP contribution in [0, 0.1) is 0 Å². The molecule has 1 heterocycles. The minimum Gasteiger partial charge on any atom is -0.428 e. The normalized spacial score (nSPS) is 13.4. The summed E-state index contributed by atoms with van der Waals surface area (Å²) in [5, 5.41) is 1.68. The van der Waals surface area contributed by atoms with E-state index in [9.17, 15) is 44.3 Å². The second-order valence-electron chi connectivity index (χ2n) is 7.39. The number of benzene rings is 3. The lowest BCUT2D eigenvalue weighted by Crippen LogP contribution is -2.68. The van der Waals surface area contributed by atoms with E-state index in [1.54, 1.807) is 36.4 Å². The zero-order valence-corrected chi connectivity index (χ0v) is 17.9. The first-order chi connectivity index (χ1) is 16.2. The van der Waals surface area contributed by atoms with E-state index in [2.05, 4.69) is 4.74 Å². The molecular formula is C23H12F9O2S+. The van der Waals surface area contributed by atoms with Crippen molar-refractivity contribution in [3.8, 4) is 4.90 Å². The highest BCUT2D eigenvalue weighted by atomic mass is 32.2. The maximum Gasteiger partial charge on any atom is 0.447 e. The zero-order valence-electron chi connectivity index (χ0n) is 17.1. The van der Waals surface area contributed by atoms with Crippen LogP contribution in [0.1, 0.15) is 10.4 Å². The Hall–Kier alpha value is -3.28. The third-order valence-corrected chi connectivity index (χ3v) is 7.57. The molecule has 0 spiro atoms. The average molecular weight is 523 g/mol. The number of hydrogen-bond acceptors (Lipinski definition) is 2. The number of esters is 1. The Morgan fingerprint density at radius 1 is 0.629 bits per heavy atom. The molecule has 0 amide bonds. The number of rotatable bonds is 3. The molecule has 35 heavy (non-hydrogen) atoms. The van der Waals surface area contributed by atoms with Gasteiger partial charge in [-0.15, -0.1) is 0 Å². The van der Waals surface area contributed by atoms with Gasteiger partial charge in [-0.2, -0.15) is 39.5 Å². The lowest BCUT2D eigenvalue weighted by molar-refractivity contribution is -0.443. The van der Waals surface area contributed by atoms with E-state index < -0.39 is 46.1 Å². The Morgan fingerprint density at radius 3 is 1.54 bits per heavy atom. The quantitative estimate of drug-likeness (QED) is 0.153. The minimum absolute atomic E-state index is 0.300. The average Bonchev–Trinajstić information content (AvgIpc) is 3.09. The molecular weight excluding hydrogens is 511 g/mol. The largest absolute Gasteiger partial charge is 0.447 e. The highest BCUT2D eigenvalue weighted by molar-refractivity contribution is 7.50. The number of hydrogen-bond donors (Lipinski definition) is 0. The van der Waals surface area contributed by atoms with Crippen molar-refractivity contribution in [1.29, 1.82) is 0 Å². The number of alkyl halides is 9. The fraction of sp³-hybridized carbons (Fsp3) is 0.174. The van der Waals surface area contributed by atoms with Gasteiger partial charge in [0.1, 0.15) is 0 Å². The van der Waals surface area contributed by atoms with Crippen molar-refractivity contribution in [2.45, 2.75) is 24.1 Å². The number of carbonyl (C=O) groups is 1. The van der Waals surface area contributed by atoms with Crippen LogP contribution in [0.4, 0.5) is 39.5 Å². The molecule has 0 fully saturated rings. The Morgan fingerprint density at radius 2 is 1.09 bits per heavy atom. The zero-order chi connectivity index (χ0) is 25.8. The number of carbonyl (C=O) groups excluding carboxylic acids is 1. The standard InChI is InChI=1S/C23H12F9O2S/c24-21(25,26)20(22(27,28)29,23(30,31)32)34-19(33)13-6-5-7-14(12-13)35-17-10-3-1-8-15(17)16-9-2-4-11-18(16)35/h1-12H/q+1. The number of thiophene rings is 1. The summed E-state index contributed by atoms with van der Waals surface area (Å²) in [6, 6.07) is 18.6. The highest BCUT2D eigenvalue weighted by Crippen LogP contribution is 2.55. The van der Waals surface area contributed by atoms with Crippen LogP contribution in [0.15, 0.2) is 72.8 Å². The molecule has 3 aromatic carbocycles. The molecule has 0 aliphatic carbocycles. The Bertz CT molecular complexity index is 1330. The highest BCUT2D eigenvalue weighted by Gasteiger charge is 2.87. The van der Waals surface area contributed by atoms with Crippen LogP contribution < -0.4 is 0 Å². The first-order valence-electron chi connectivity index (χ1n) is 9.65. The Kier molecular flexibility index (Phi) is 5.78. The van der Waals surface area contributed by atoms with Gasteiger partial charge in [-0.25, -0.2) is 4.79 Å². The molecule has 4 rings (SSSR count). The van der Waals surface area contributed by atoms with Crippen LogP contribution in [0.25, 0.3) is 25.1 Å². The van der Waals surface area contributed by atoms with Crippen LogP contribution >= 0.6 is 10.5 Å². The summed E-state index contributed by atoms with van der Waals surface area (Å²) in [6.07, 6.45) is -21.0. The molecule has 0 saturated heterocycles. The molecule has 184 valence electrons. The molecule has 2 nitrogen and oxygen atoms in total. The van der Waals surface area contributed by atoms with E-state index in [1.807, 2.05) is 12.1 Å². The van der Waals surface area contributed by atoms with Crippen molar-refractivity contribution in [3.05, 3.63) is 78.4 Å². The van der Waals surface area contributed by atoms with E-state index in [1.165, 1.54) is 6.07 Å². The van der Waals surface area contributed by atoms with Gasteiger partial charge < -0.3 is 4.74 Å². The molecule has 0 bridgehead atoms. The van der Waals surface area contributed by atoms with E-state index in [4.69, 9.17) is 0 Å². The summed E-state index contributed by atoms with van der Waals surface area (Å²) in [5.41, 5.74) is -7.58. The Balaban J connectivity index is 1.85. The summed E-state index contributed by atoms with van der Waals surface area (Å²) in [7, 11) is -0.916. The van der Waals surface area contributed by atoms with Crippen LogP contribution in [0.3, 0.4) is 0 Å². The predicted octanol–water partition coefficient (Wildman–Crippen LogP) is 8.31.